The van der Waals surface area contributed by atoms with E-state index in [4.69, 9.17) is 19.7 Å². The number of carboxylic acid groups (broad SMARTS) is 2. The van der Waals surface area contributed by atoms with E-state index in [-0.39, 0.29) is 17.4 Å². The number of ether oxygens (including phenoxy) is 2. The zero-order valence-electron chi connectivity index (χ0n) is 24.1. The lowest BCUT2D eigenvalue weighted by Crippen LogP contribution is -2.26. The van der Waals surface area contributed by atoms with E-state index in [9.17, 15) is 14.4 Å². The van der Waals surface area contributed by atoms with Crippen LogP contribution in [0.4, 0.5) is 0 Å². The van der Waals surface area contributed by atoms with Gasteiger partial charge in [-0.25, -0.2) is 0 Å². The molecule has 0 aliphatic carbocycles. The lowest BCUT2D eigenvalue weighted by Gasteiger charge is -2.23. The molecule has 8 nitrogen and oxygen atoms in total. The highest BCUT2D eigenvalue weighted by atomic mass is 16.5. The molecule has 0 saturated carbocycles. The van der Waals surface area contributed by atoms with Gasteiger partial charge in [0.05, 0.1) is 23.4 Å². The van der Waals surface area contributed by atoms with Gasteiger partial charge in [0.15, 0.2) is 0 Å². The van der Waals surface area contributed by atoms with Crippen LogP contribution in [-0.2, 0) is 28.7 Å². The van der Waals surface area contributed by atoms with Crippen molar-refractivity contribution in [3.8, 4) is 0 Å². The number of carbonyl (C=O) groups excluding carboxylic acids is 2. The van der Waals surface area contributed by atoms with Crippen LogP contribution in [0.1, 0.15) is 114 Å². The standard InChI is InChI=1S/C12H22O2.C10H20O2.C4H6O2.C2H4O2/c1-5-7-8-9-10-12(3,4)11(13)14-6-2;1-5-10(4,9(11)12)7-6-8(2)3;1-3-6-4(2)5;1-2(3)4/h6H,2,5,7-10H2,1,3-4H3;8H,5-7H2,1-4H3,(H,11,12);3H,1H2,2H3;1H3,(H,3,4). The molecule has 0 bridgehead atoms. The Kier molecular flexibility index (Phi) is 27.1. The van der Waals surface area contributed by atoms with Crippen LogP contribution in [0.3, 0.4) is 0 Å². The first-order valence-electron chi connectivity index (χ1n) is 12.5. The quantitative estimate of drug-likeness (QED) is 0.147. The molecule has 2 N–H and O–H groups in total. The van der Waals surface area contributed by atoms with Gasteiger partial charge in [0.25, 0.3) is 5.97 Å². The Bertz CT molecular complexity index is 633. The fourth-order valence-corrected chi connectivity index (χ4v) is 2.49. The van der Waals surface area contributed by atoms with Crippen LogP contribution in [0.15, 0.2) is 25.7 Å². The molecular formula is C28H52O8. The van der Waals surface area contributed by atoms with Crippen molar-refractivity contribution >= 4 is 23.9 Å². The average molecular weight is 517 g/mol. The van der Waals surface area contributed by atoms with Crippen LogP contribution in [0.25, 0.3) is 0 Å². The Morgan fingerprint density at radius 2 is 1.33 bits per heavy atom. The van der Waals surface area contributed by atoms with Crippen molar-refractivity contribution in [3.05, 3.63) is 25.7 Å². The van der Waals surface area contributed by atoms with Gasteiger partial charge < -0.3 is 19.7 Å². The normalized spacial score (nSPS) is 11.5. The number of esters is 2. The largest absolute Gasteiger partial charge is 0.481 e. The molecule has 0 saturated heterocycles. The summed E-state index contributed by atoms with van der Waals surface area (Å²) in [4.78, 5) is 41.1. The molecule has 0 aromatic heterocycles. The summed E-state index contributed by atoms with van der Waals surface area (Å²) < 4.78 is 8.96. The minimum Gasteiger partial charge on any atom is -0.481 e. The fraction of sp³-hybridized carbons (Fsp3) is 0.714. The van der Waals surface area contributed by atoms with E-state index in [1.165, 1.54) is 32.4 Å². The van der Waals surface area contributed by atoms with Gasteiger partial charge in [-0.05, 0) is 52.4 Å². The number of unbranched alkanes of at least 4 members (excludes halogenated alkanes) is 3. The summed E-state index contributed by atoms with van der Waals surface area (Å²) in [7, 11) is 0. The summed E-state index contributed by atoms with van der Waals surface area (Å²) in [6, 6.07) is 0. The van der Waals surface area contributed by atoms with Crippen LogP contribution >= 0.6 is 0 Å². The first kappa shape index (κ1) is 40.5. The maximum atomic E-state index is 11.4. The summed E-state index contributed by atoms with van der Waals surface area (Å²) in [6.45, 7) is 23.0. The number of hydrogen-bond donors (Lipinski definition) is 2. The van der Waals surface area contributed by atoms with E-state index in [2.05, 4.69) is 38.7 Å². The lowest BCUT2D eigenvalue weighted by molar-refractivity contribution is -0.149. The van der Waals surface area contributed by atoms with Crippen molar-refractivity contribution in [2.24, 2.45) is 16.7 Å². The number of carbonyl (C=O) groups is 4. The van der Waals surface area contributed by atoms with Crippen molar-refractivity contribution in [3.63, 3.8) is 0 Å². The molecule has 0 heterocycles. The molecule has 0 aliphatic rings. The van der Waals surface area contributed by atoms with Gasteiger partial charge in [0, 0.05) is 13.8 Å². The lowest BCUT2D eigenvalue weighted by atomic mass is 9.81. The monoisotopic (exact) mass is 516 g/mol. The zero-order chi connectivity index (χ0) is 29.4. The predicted octanol–water partition coefficient (Wildman–Crippen LogP) is 7.38. The van der Waals surface area contributed by atoms with Gasteiger partial charge in [-0.3, -0.25) is 19.2 Å². The number of carboxylic acids is 2. The highest BCUT2D eigenvalue weighted by Gasteiger charge is 2.30. The summed E-state index contributed by atoms with van der Waals surface area (Å²) in [6.07, 6.45) is 10.4. The second-order valence-electron chi connectivity index (χ2n) is 9.71. The molecule has 0 aromatic carbocycles. The Morgan fingerprint density at radius 1 is 0.861 bits per heavy atom. The van der Waals surface area contributed by atoms with Gasteiger partial charge >= 0.3 is 17.9 Å². The first-order valence-corrected chi connectivity index (χ1v) is 12.5. The SMILES string of the molecule is C=COC(=O)C(C)(C)CCCCCC.C=COC(C)=O.CC(=O)O.CCC(C)(CCC(C)C)C(=O)O. The molecule has 1 atom stereocenters. The van der Waals surface area contributed by atoms with Crippen molar-refractivity contribution in [2.75, 3.05) is 0 Å². The van der Waals surface area contributed by atoms with E-state index < -0.39 is 17.4 Å². The second kappa shape index (κ2) is 24.1. The van der Waals surface area contributed by atoms with E-state index in [0.29, 0.717) is 5.92 Å². The van der Waals surface area contributed by atoms with Crippen LogP contribution in [0, 0.1) is 16.7 Å². The third kappa shape index (κ3) is 29.4. The number of rotatable bonds is 13. The Balaban J connectivity index is -0.000000210. The number of aliphatic carboxylic acids is 2. The van der Waals surface area contributed by atoms with Crippen molar-refractivity contribution in [1.29, 1.82) is 0 Å². The number of hydrogen-bond acceptors (Lipinski definition) is 6. The van der Waals surface area contributed by atoms with Crippen molar-refractivity contribution in [1.82, 2.24) is 0 Å². The minimum absolute atomic E-state index is 0.177. The van der Waals surface area contributed by atoms with E-state index in [1.54, 1.807) is 0 Å². The second-order valence-corrected chi connectivity index (χ2v) is 9.71. The Labute approximate surface area is 219 Å². The third-order valence-corrected chi connectivity index (χ3v) is 5.22. The molecule has 0 aromatic rings. The maximum Gasteiger partial charge on any atom is 0.316 e. The predicted molar refractivity (Wildman–Crippen MR) is 144 cm³/mol. The maximum absolute atomic E-state index is 11.4. The van der Waals surface area contributed by atoms with Crippen molar-refractivity contribution < 1.29 is 38.9 Å². The molecule has 8 heteroatoms. The minimum atomic E-state index is -0.833. The van der Waals surface area contributed by atoms with Gasteiger partial charge in [-0.1, -0.05) is 66.5 Å². The van der Waals surface area contributed by atoms with Gasteiger partial charge in [0.1, 0.15) is 0 Å². The molecule has 0 amide bonds. The Hall–Kier alpha value is -2.64. The highest BCUT2D eigenvalue weighted by Crippen LogP contribution is 2.29. The molecule has 0 spiro atoms. The van der Waals surface area contributed by atoms with Crippen LogP contribution in [0.2, 0.25) is 0 Å². The summed E-state index contributed by atoms with van der Waals surface area (Å²) in [5, 5.41) is 16.4. The molecule has 0 aliphatic heterocycles. The zero-order valence-corrected chi connectivity index (χ0v) is 24.1. The van der Waals surface area contributed by atoms with Gasteiger partial charge in [-0.2, -0.15) is 0 Å². The van der Waals surface area contributed by atoms with Gasteiger partial charge in [-0.15, -0.1) is 0 Å². The molecule has 212 valence electrons. The van der Waals surface area contributed by atoms with Gasteiger partial charge in [0.2, 0.25) is 0 Å². The summed E-state index contributed by atoms with van der Waals surface area (Å²) in [5.74, 6) is -1.41. The van der Waals surface area contributed by atoms with Crippen LogP contribution < -0.4 is 0 Å². The molecule has 0 fully saturated rings. The molecular weight excluding hydrogens is 464 g/mol. The molecule has 0 radical (unpaired) electrons. The van der Waals surface area contributed by atoms with E-state index in [0.717, 1.165) is 45.3 Å². The summed E-state index contributed by atoms with van der Waals surface area (Å²) >= 11 is 0. The van der Waals surface area contributed by atoms with Crippen LogP contribution in [-0.4, -0.2) is 34.1 Å². The average Bonchev–Trinajstić information content (AvgIpc) is 2.75. The first-order chi connectivity index (χ1) is 16.5. The van der Waals surface area contributed by atoms with E-state index >= 15 is 0 Å². The fourth-order valence-electron chi connectivity index (χ4n) is 2.49. The van der Waals surface area contributed by atoms with E-state index in [1.807, 2.05) is 27.7 Å². The van der Waals surface area contributed by atoms with Crippen LogP contribution in [0.5, 0.6) is 0 Å². The molecule has 1 unspecified atom stereocenters. The van der Waals surface area contributed by atoms with Crippen molar-refractivity contribution in [2.45, 2.75) is 114 Å². The highest BCUT2D eigenvalue weighted by molar-refractivity contribution is 5.76. The summed E-state index contributed by atoms with van der Waals surface area (Å²) in [5.41, 5.74) is -0.883. The Morgan fingerprint density at radius 3 is 1.61 bits per heavy atom. The topological polar surface area (TPSA) is 127 Å². The third-order valence-electron chi connectivity index (χ3n) is 5.22. The smallest absolute Gasteiger partial charge is 0.316 e. The molecule has 0 rings (SSSR count). The molecule has 36 heavy (non-hydrogen) atoms.